The van der Waals surface area contributed by atoms with E-state index in [-0.39, 0.29) is 5.69 Å². The molecular formula is C11H7Br2N3O2. The highest BCUT2D eigenvalue weighted by Crippen LogP contribution is 2.32. The van der Waals surface area contributed by atoms with Gasteiger partial charge in [-0.3, -0.25) is 0 Å². The second kappa shape index (κ2) is 5.45. The first kappa shape index (κ1) is 13.0. The van der Waals surface area contributed by atoms with Crippen LogP contribution >= 0.6 is 31.9 Å². The van der Waals surface area contributed by atoms with Gasteiger partial charge in [0.05, 0.1) is 5.69 Å². The Morgan fingerprint density at radius 3 is 2.28 bits per heavy atom. The molecule has 0 bridgehead atoms. The average Bonchev–Trinajstić information content (AvgIpc) is 2.34. The van der Waals surface area contributed by atoms with Gasteiger partial charge >= 0.3 is 5.97 Å². The van der Waals surface area contributed by atoms with Gasteiger partial charge < -0.3 is 10.4 Å². The summed E-state index contributed by atoms with van der Waals surface area (Å²) < 4.78 is 1.72. The maximum atomic E-state index is 10.6. The summed E-state index contributed by atoms with van der Waals surface area (Å²) in [5, 5.41) is 19.1. The predicted molar refractivity (Wildman–Crippen MR) is 74.1 cm³/mol. The zero-order valence-electron chi connectivity index (χ0n) is 8.89. The summed E-state index contributed by atoms with van der Waals surface area (Å²) >= 11 is 6.81. The lowest BCUT2D eigenvalue weighted by Crippen LogP contribution is -2.04. The van der Waals surface area contributed by atoms with Crippen molar-refractivity contribution in [3.8, 4) is 0 Å². The molecule has 2 N–H and O–H groups in total. The highest BCUT2D eigenvalue weighted by molar-refractivity contribution is 9.11. The van der Waals surface area contributed by atoms with E-state index >= 15 is 0 Å². The fraction of sp³-hybridized carbons (Fsp3) is 0. The van der Waals surface area contributed by atoms with Crippen LogP contribution in [0.3, 0.4) is 0 Å². The van der Waals surface area contributed by atoms with Crippen LogP contribution < -0.4 is 5.32 Å². The molecule has 2 rings (SSSR count). The van der Waals surface area contributed by atoms with E-state index in [0.717, 1.165) is 14.6 Å². The van der Waals surface area contributed by atoms with Gasteiger partial charge in [0.15, 0.2) is 11.5 Å². The quantitative estimate of drug-likeness (QED) is 0.863. The summed E-state index contributed by atoms with van der Waals surface area (Å²) in [6, 6.07) is 8.60. The van der Waals surface area contributed by atoms with Crippen LogP contribution in [0.4, 0.5) is 11.5 Å². The molecule has 18 heavy (non-hydrogen) atoms. The van der Waals surface area contributed by atoms with Crippen LogP contribution in [0.5, 0.6) is 0 Å². The van der Waals surface area contributed by atoms with Crippen molar-refractivity contribution >= 4 is 49.3 Å². The van der Waals surface area contributed by atoms with Crippen LogP contribution in [0.2, 0.25) is 0 Å². The number of hydrogen-bond acceptors (Lipinski definition) is 4. The van der Waals surface area contributed by atoms with Gasteiger partial charge in [0.1, 0.15) is 0 Å². The van der Waals surface area contributed by atoms with Crippen LogP contribution in [0.25, 0.3) is 0 Å². The third-order valence-corrected chi connectivity index (χ3v) is 3.42. The SMILES string of the molecule is O=C(O)c1ccc(Nc2c(Br)cccc2Br)nn1. The Hall–Kier alpha value is -1.47. The molecule has 1 heterocycles. The van der Waals surface area contributed by atoms with E-state index in [9.17, 15) is 4.79 Å². The number of carbonyl (C=O) groups is 1. The molecule has 0 unspecified atom stereocenters. The van der Waals surface area contributed by atoms with E-state index in [1.54, 1.807) is 6.07 Å². The van der Waals surface area contributed by atoms with Gasteiger partial charge in [-0.1, -0.05) is 6.07 Å². The van der Waals surface area contributed by atoms with Crippen LogP contribution in [0, 0.1) is 0 Å². The van der Waals surface area contributed by atoms with Crippen LogP contribution in [-0.4, -0.2) is 21.3 Å². The van der Waals surface area contributed by atoms with Crippen LogP contribution in [-0.2, 0) is 0 Å². The molecule has 0 aliphatic heterocycles. The minimum absolute atomic E-state index is 0.0910. The lowest BCUT2D eigenvalue weighted by atomic mass is 10.3. The number of aromatic nitrogens is 2. The van der Waals surface area contributed by atoms with Gasteiger partial charge in [-0.2, -0.15) is 0 Å². The molecule has 0 spiro atoms. The summed E-state index contributed by atoms with van der Waals surface area (Å²) in [7, 11) is 0. The summed E-state index contributed by atoms with van der Waals surface area (Å²) in [5.74, 6) is -0.635. The maximum Gasteiger partial charge on any atom is 0.356 e. The van der Waals surface area contributed by atoms with Crippen molar-refractivity contribution in [3.63, 3.8) is 0 Å². The van der Waals surface area contributed by atoms with Gasteiger partial charge in [-0.05, 0) is 56.1 Å². The van der Waals surface area contributed by atoms with E-state index in [2.05, 4.69) is 47.4 Å². The number of nitrogens with zero attached hydrogens (tertiary/aromatic N) is 2. The van der Waals surface area contributed by atoms with E-state index in [1.165, 1.54) is 6.07 Å². The summed E-state index contributed by atoms with van der Waals surface area (Å²) in [4.78, 5) is 10.6. The van der Waals surface area contributed by atoms with Gasteiger partial charge in [0.25, 0.3) is 0 Å². The number of anilines is 2. The largest absolute Gasteiger partial charge is 0.476 e. The first-order valence-corrected chi connectivity index (χ1v) is 6.44. The van der Waals surface area contributed by atoms with Crippen LogP contribution in [0.15, 0.2) is 39.3 Å². The highest BCUT2D eigenvalue weighted by Gasteiger charge is 2.08. The van der Waals surface area contributed by atoms with Gasteiger partial charge in [-0.25, -0.2) is 4.79 Å². The number of rotatable bonds is 3. The van der Waals surface area contributed by atoms with Crippen LogP contribution in [0.1, 0.15) is 10.5 Å². The number of nitrogens with one attached hydrogen (secondary N) is 1. The molecule has 0 atom stereocenters. The molecule has 0 saturated heterocycles. The number of carboxylic acid groups (broad SMARTS) is 1. The molecule has 0 fully saturated rings. The number of para-hydroxylation sites is 1. The first-order chi connectivity index (χ1) is 8.58. The number of halogens is 2. The van der Waals surface area contributed by atoms with Crippen molar-refractivity contribution in [2.24, 2.45) is 0 Å². The van der Waals surface area contributed by atoms with Crippen molar-refractivity contribution in [1.29, 1.82) is 0 Å². The third kappa shape index (κ3) is 2.85. The van der Waals surface area contributed by atoms with Crippen molar-refractivity contribution in [3.05, 3.63) is 45.0 Å². The second-order valence-electron chi connectivity index (χ2n) is 3.33. The Morgan fingerprint density at radius 1 is 1.11 bits per heavy atom. The molecule has 0 radical (unpaired) electrons. The minimum atomic E-state index is -1.10. The van der Waals surface area contributed by atoms with Crippen molar-refractivity contribution in [2.45, 2.75) is 0 Å². The Kier molecular flexibility index (Phi) is 3.93. The normalized spacial score (nSPS) is 10.1. The number of carboxylic acids is 1. The molecule has 0 aliphatic rings. The molecule has 1 aromatic carbocycles. The summed E-state index contributed by atoms with van der Waals surface area (Å²) in [6.07, 6.45) is 0. The van der Waals surface area contributed by atoms with Gasteiger partial charge in [0.2, 0.25) is 0 Å². The number of hydrogen-bond donors (Lipinski definition) is 2. The van der Waals surface area contributed by atoms with Crippen molar-refractivity contribution < 1.29 is 9.90 Å². The monoisotopic (exact) mass is 371 g/mol. The van der Waals surface area contributed by atoms with E-state index in [1.807, 2.05) is 18.2 Å². The molecule has 0 amide bonds. The Bertz CT molecular complexity index is 567. The zero-order valence-corrected chi connectivity index (χ0v) is 12.1. The number of benzene rings is 1. The Morgan fingerprint density at radius 2 is 1.78 bits per heavy atom. The smallest absolute Gasteiger partial charge is 0.356 e. The molecule has 92 valence electrons. The topological polar surface area (TPSA) is 75.1 Å². The van der Waals surface area contributed by atoms with E-state index in [0.29, 0.717) is 5.82 Å². The lowest BCUT2D eigenvalue weighted by molar-refractivity contribution is 0.0689. The van der Waals surface area contributed by atoms with Gasteiger partial charge in [0, 0.05) is 8.95 Å². The highest BCUT2D eigenvalue weighted by atomic mass is 79.9. The molecule has 5 nitrogen and oxygen atoms in total. The fourth-order valence-corrected chi connectivity index (χ4v) is 2.45. The number of aromatic carboxylic acids is 1. The molecule has 2 aromatic rings. The fourth-order valence-electron chi connectivity index (χ4n) is 1.26. The second-order valence-corrected chi connectivity index (χ2v) is 5.04. The van der Waals surface area contributed by atoms with Crippen molar-refractivity contribution in [1.82, 2.24) is 10.2 Å². The summed E-state index contributed by atoms with van der Waals surface area (Å²) in [6.45, 7) is 0. The molecule has 1 aromatic heterocycles. The minimum Gasteiger partial charge on any atom is -0.476 e. The lowest BCUT2D eigenvalue weighted by Gasteiger charge is -2.09. The van der Waals surface area contributed by atoms with E-state index < -0.39 is 5.97 Å². The molecule has 0 aliphatic carbocycles. The molecule has 0 saturated carbocycles. The average molecular weight is 373 g/mol. The molecular weight excluding hydrogens is 366 g/mol. The van der Waals surface area contributed by atoms with Crippen molar-refractivity contribution in [2.75, 3.05) is 5.32 Å². The summed E-state index contributed by atoms with van der Waals surface area (Å²) in [5.41, 5.74) is 0.710. The zero-order chi connectivity index (χ0) is 13.1. The van der Waals surface area contributed by atoms with E-state index in [4.69, 9.17) is 5.11 Å². The Labute approximate surface area is 120 Å². The third-order valence-electron chi connectivity index (χ3n) is 2.10. The maximum absolute atomic E-state index is 10.6. The molecule has 7 heteroatoms. The van der Waals surface area contributed by atoms with Gasteiger partial charge in [-0.15, -0.1) is 10.2 Å². The predicted octanol–water partition coefficient (Wildman–Crippen LogP) is 3.44. The standard InChI is InChI=1S/C11H7Br2N3O2/c12-6-2-1-3-7(13)10(6)14-9-5-4-8(11(17)18)15-16-9/h1-5H,(H,14,16)(H,17,18). The Balaban J connectivity index is 2.26. The first-order valence-electron chi connectivity index (χ1n) is 4.86.